The Hall–Kier alpha value is -3.43. The van der Waals surface area contributed by atoms with Crippen LogP contribution in [0.2, 0.25) is 5.02 Å². The fraction of sp³-hybridized carbons (Fsp3) is 0.355. The van der Waals surface area contributed by atoms with Gasteiger partial charge in [0.2, 0.25) is 0 Å². The molecule has 10 heteroatoms. The monoisotopic (exact) mass is 637 g/mol. The molecule has 1 unspecified atom stereocenters. The number of rotatable bonds is 8. The minimum Gasteiger partial charge on any atom is -0.355 e. The van der Waals surface area contributed by atoms with Gasteiger partial charge in [0.25, 0.3) is 17.4 Å². The van der Waals surface area contributed by atoms with Gasteiger partial charge in [-0.25, -0.2) is 4.52 Å². The number of carbonyl (C=O) groups excluding carboxylic acids is 2. The molecule has 0 spiro atoms. The van der Waals surface area contributed by atoms with Gasteiger partial charge in [-0.3, -0.25) is 19.0 Å². The van der Waals surface area contributed by atoms with Crippen molar-refractivity contribution in [2.45, 2.75) is 52.5 Å². The van der Waals surface area contributed by atoms with Crippen LogP contribution in [0.5, 0.6) is 0 Å². The van der Waals surface area contributed by atoms with Crippen LogP contribution in [0.1, 0.15) is 70.6 Å². The lowest BCUT2D eigenvalue weighted by atomic mass is 9.94. The largest absolute Gasteiger partial charge is 0.355 e. The van der Waals surface area contributed by atoms with Gasteiger partial charge in [-0.1, -0.05) is 44.7 Å². The Morgan fingerprint density at radius 3 is 2.51 bits per heavy atom. The van der Waals surface area contributed by atoms with Crippen molar-refractivity contribution in [3.05, 3.63) is 96.5 Å². The second kappa shape index (κ2) is 12.2. The zero-order valence-electron chi connectivity index (χ0n) is 23.4. The Labute approximate surface area is 252 Å². The van der Waals surface area contributed by atoms with Crippen molar-refractivity contribution in [3.8, 4) is 5.69 Å². The van der Waals surface area contributed by atoms with E-state index in [1.165, 1.54) is 0 Å². The molecule has 1 N–H and O–H groups in total. The smallest absolute Gasteiger partial charge is 0.261 e. The Kier molecular flexibility index (Phi) is 8.66. The van der Waals surface area contributed by atoms with Gasteiger partial charge in [-0.05, 0) is 77.2 Å². The summed E-state index contributed by atoms with van der Waals surface area (Å²) in [4.78, 5) is 41.5. The molecule has 0 fully saturated rings. The molecule has 0 bridgehead atoms. The fourth-order valence-corrected chi connectivity index (χ4v) is 6.09. The van der Waals surface area contributed by atoms with Crippen LogP contribution in [-0.4, -0.2) is 44.5 Å². The van der Waals surface area contributed by atoms with Gasteiger partial charge in [0.15, 0.2) is 0 Å². The third-order valence-corrected chi connectivity index (χ3v) is 9.15. The molecular formula is C31H33BrClN5O3. The highest BCUT2D eigenvalue weighted by molar-refractivity contribution is 9.10. The number of carbonyl (C=O) groups is 2. The summed E-state index contributed by atoms with van der Waals surface area (Å²) in [6, 6.07) is 12.2. The lowest BCUT2D eigenvalue weighted by molar-refractivity contribution is 0.0729. The second-order valence-corrected chi connectivity index (χ2v) is 11.7. The van der Waals surface area contributed by atoms with Crippen molar-refractivity contribution >= 4 is 45.0 Å². The maximum absolute atomic E-state index is 14.2. The zero-order chi connectivity index (χ0) is 29.3. The lowest BCUT2D eigenvalue weighted by Gasteiger charge is -2.30. The van der Waals surface area contributed by atoms with E-state index in [1.54, 1.807) is 59.0 Å². The first-order valence-electron chi connectivity index (χ1n) is 14.0. The fourth-order valence-electron chi connectivity index (χ4n) is 5.66. The normalized spacial score (nSPS) is 13.7. The van der Waals surface area contributed by atoms with Crippen molar-refractivity contribution in [1.82, 2.24) is 24.4 Å². The van der Waals surface area contributed by atoms with Gasteiger partial charge in [-0.15, -0.1) is 0 Å². The third kappa shape index (κ3) is 5.57. The van der Waals surface area contributed by atoms with Crippen molar-refractivity contribution in [1.29, 1.82) is 0 Å². The maximum atomic E-state index is 14.2. The summed E-state index contributed by atoms with van der Waals surface area (Å²) in [5.41, 5.74) is 4.62. The van der Waals surface area contributed by atoms with E-state index in [2.05, 4.69) is 35.1 Å². The summed E-state index contributed by atoms with van der Waals surface area (Å²) in [6.45, 7) is 5.04. The quantitative estimate of drug-likeness (QED) is 0.263. The molecule has 1 aliphatic rings. The molecule has 2 amide bonds. The molecule has 1 aliphatic heterocycles. The topological polar surface area (TPSA) is 88.7 Å². The van der Waals surface area contributed by atoms with Crippen LogP contribution >= 0.6 is 27.5 Å². The van der Waals surface area contributed by atoms with Crippen LogP contribution in [-0.2, 0) is 19.4 Å². The van der Waals surface area contributed by atoms with Crippen LogP contribution in [0.25, 0.3) is 11.3 Å². The molecule has 0 saturated carbocycles. The van der Waals surface area contributed by atoms with E-state index in [4.69, 9.17) is 16.7 Å². The number of aromatic nitrogens is 3. The van der Waals surface area contributed by atoms with E-state index in [1.807, 2.05) is 10.7 Å². The Morgan fingerprint density at radius 2 is 1.85 bits per heavy atom. The molecule has 214 valence electrons. The Morgan fingerprint density at radius 1 is 1.12 bits per heavy atom. The van der Waals surface area contributed by atoms with Crippen molar-refractivity contribution in [2.24, 2.45) is 5.92 Å². The summed E-state index contributed by atoms with van der Waals surface area (Å²) in [5.74, 6) is 0.128. The number of nitrogens with one attached hydrogen (secondary N) is 1. The van der Waals surface area contributed by atoms with Crippen LogP contribution in [0.15, 0.2) is 57.9 Å². The summed E-state index contributed by atoms with van der Waals surface area (Å²) in [7, 11) is 1.59. The molecule has 4 aromatic rings. The number of halogens is 2. The first-order valence-corrected chi connectivity index (χ1v) is 15.1. The molecule has 2 aromatic carbocycles. The zero-order valence-corrected chi connectivity index (χ0v) is 25.8. The number of hydrogen-bond acceptors (Lipinski definition) is 4. The maximum Gasteiger partial charge on any atom is 0.261 e. The molecule has 0 radical (unpaired) electrons. The van der Waals surface area contributed by atoms with E-state index in [0.29, 0.717) is 51.9 Å². The molecule has 8 nitrogen and oxygen atoms in total. The highest BCUT2D eigenvalue weighted by atomic mass is 79.9. The predicted octanol–water partition coefficient (Wildman–Crippen LogP) is 5.83. The molecular weight excluding hydrogens is 606 g/mol. The Bertz CT molecular complexity index is 1680. The molecule has 3 heterocycles. The average Bonchev–Trinajstić information content (AvgIpc) is 3.40. The number of hydrogen-bond donors (Lipinski definition) is 1. The molecule has 1 atom stereocenters. The highest BCUT2D eigenvalue weighted by Gasteiger charge is 2.29. The predicted molar refractivity (Wildman–Crippen MR) is 164 cm³/mol. The van der Waals surface area contributed by atoms with E-state index >= 15 is 0 Å². The van der Waals surface area contributed by atoms with Gasteiger partial charge < -0.3 is 10.2 Å². The highest BCUT2D eigenvalue weighted by Crippen LogP contribution is 2.28. The van der Waals surface area contributed by atoms with Gasteiger partial charge in [0, 0.05) is 40.3 Å². The van der Waals surface area contributed by atoms with Crippen LogP contribution in [0.3, 0.4) is 0 Å². The average molecular weight is 639 g/mol. The van der Waals surface area contributed by atoms with Crippen molar-refractivity contribution < 1.29 is 9.59 Å². The second-order valence-electron chi connectivity index (χ2n) is 10.5. The van der Waals surface area contributed by atoms with Crippen LogP contribution < -0.4 is 10.9 Å². The molecule has 0 saturated heterocycles. The molecule has 5 rings (SSSR count). The summed E-state index contributed by atoms with van der Waals surface area (Å²) < 4.78 is 4.29. The minimum absolute atomic E-state index is 0.121. The number of fused-ring (bicyclic) bond motifs is 3. The summed E-state index contributed by atoms with van der Waals surface area (Å²) in [6.07, 6.45) is 6.25. The van der Waals surface area contributed by atoms with Gasteiger partial charge >= 0.3 is 0 Å². The van der Waals surface area contributed by atoms with E-state index < -0.39 is 0 Å². The molecule has 41 heavy (non-hydrogen) atoms. The molecule has 0 aliphatic carbocycles. The minimum atomic E-state index is -0.188. The van der Waals surface area contributed by atoms with Crippen LogP contribution in [0.4, 0.5) is 0 Å². The van der Waals surface area contributed by atoms with Gasteiger partial charge in [0.1, 0.15) is 5.65 Å². The third-order valence-electron chi connectivity index (χ3n) is 7.92. The number of amides is 2. The molecule has 2 aromatic heterocycles. The SMILES string of the molecule is CCCC(CC)Cc1cnn2c3c(c(=O)n(-c4ccc(C(=O)NC)cc4)c12)CCN(C(=O)c1ccc(Br)c(Cl)c1)C3. The van der Waals surface area contributed by atoms with E-state index in [0.717, 1.165) is 41.4 Å². The van der Waals surface area contributed by atoms with Crippen molar-refractivity contribution in [2.75, 3.05) is 13.6 Å². The Balaban J connectivity index is 1.63. The first kappa shape index (κ1) is 29.1. The van der Waals surface area contributed by atoms with Gasteiger partial charge in [-0.2, -0.15) is 5.10 Å². The van der Waals surface area contributed by atoms with Crippen molar-refractivity contribution in [3.63, 3.8) is 0 Å². The van der Waals surface area contributed by atoms with Gasteiger partial charge in [0.05, 0.1) is 29.1 Å². The summed E-state index contributed by atoms with van der Waals surface area (Å²) >= 11 is 9.65. The van der Waals surface area contributed by atoms with E-state index in [9.17, 15) is 14.4 Å². The number of nitrogens with zero attached hydrogens (tertiary/aromatic N) is 4. The first-order chi connectivity index (χ1) is 19.8. The number of benzene rings is 2. The van der Waals surface area contributed by atoms with E-state index in [-0.39, 0.29) is 23.9 Å². The standard InChI is InChI=1S/C31H33BrClN5O3/c1-4-6-19(5-2)15-22-17-35-38-27-18-36(30(40)21-9-12-25(32)26(33)16-21)14-13-24(27)31(41)37(29(22)38)23-10-7-20(8-11-23)28(39)34-3/h7-12,16-17,19H,4-6,13-15,18H2,1-3H3,(H,34,39). The lowest BCUT2D eigenvalue weighted by Crippen LogP contribution is -2.41. The summed E-state index contributed by atoms with van der Waals surface area (Å²) in [5, 5.41) is 7.89. The van der Waals surface area contributed by atoms with Crippen LogP contribution in [0, 0.1) is 5.92 Å².